The molecular formula is C18H25N3O6. The number of furan rings is 1. The topological polar surface area (TPSA) is 119 Å². The van der Waals surface area contributed by atoms with Crippen LogP contribution in [-0.4, -0.2) is 44.3 Å². The maximum Gasteiger partial charge on any atom is 0.338 e. The first kappa shape index (κ1) is 20.5. The standard InChI is InChI=1S/C18H25N3O6/c1-5-26-16(22)13-11(9-19-14(10(2)3)17(23)25-4)20-18(24)21-15(13)12-7-6-8-27-12/h6-8,10,14-15,19H,5,9H2,1-4H3,(H2,20,21,24)/t14-,15-/m1/s1. The molecule has 9 heteroatoms. The third-order valence-corrected chi connectivity index (χ3v) is 4.10. The van der Waals surface area contributed by atoms with Crippen molar-refractivity contribution in [3.05, 3.63) is 35.4 Å². The van der Waals surface area contributed by atoms with E-state index in [9.17, 15) is 14.4 Å². The van der Waals surface area contributed by atoms with Crippen molar-refractivity contribution in [1.82, 2.24) is 16.0 Å². The Morgan fingerprint density at radius 1 is 1.37 bits per heavy atom. The lowest BCUT2D eigenvalue weighted by Gasteiger charge is -2.29. The lowest BCUT2D eigenvalue weighted by atomic mass is 9.99. The van der Waals surface area contributed by atoms with Crippen LogP contribution in [0.1, 0.15) is 32.6 Å². The largest absolute Gasteiger partial charge is 0.468 e. The monoisotopic (exact) mass is 379 g/mol. The number of ether oxygens (including phenoxy) is 2. The molecule has 1 aromatic rings. The second-order valence-corrected chi connectivity index (χ2v) is 6.29. The highest BCUT2D eigenvalue weighted by Crippen LogP contribution is 2.28. The number of esters is 2. The van der Waals surface area contributed by atoms with Crippen molar-refractivity contribution >= 4 is 18.0 Å². The van der Waals surface area contributed by atoms with Crippen molar-refractivity contribution in [2.75, 3.05) is 20.3 Å². The third-order valence-electron chi connectivity index (χ3n) is 4.10. The van der Waals surface area contributed by atoms with Crippen molar-refractivity contribution in [2.45, 2.75) is 32.9 Å². The Morgan fingerprint density at radius 2 is 2.11 bits per heavy atom. The van der Waals surface area contributed by atoms with Gasteiger partial charge in [-0.15, -0.1) is 0 Å². The Balaban J connectivity index is 2.36. The van der Waals surface area contributed by atoms with Crippen molar-refractivity contribution < 1.29 is 28.3 Å². The summed E-state index contributed by atoms with van der Waals surface area (Å²) in [6, 6.07) is 1.45. The van der Waals surface area contributed by atoms with Crippen LogP contribution in [0.3, 0.4) is 0 Å². The molecule has 27 heavy (non-hydrogen) atoms. The molecule has 148 valence electrons. The molecule has 0 saturated heterocycles. The van der Waals surface area contributed by atoms with Crippen molar-refractivity contribution in [3.63, 3.8) is 0 Å². The summed E-state index contributed by atoms with van der Waals surface area (Å²) in [6.07, 6.45) is 1.45. The number of rotatable bonds is 8. The first-order valence-electron chi connectivity index (χ1n) is 8.71. The van der Waals surface area contributed by atoms with Crippen LogP contribution < -0.4 is 16.0 Å². The van der Waals surface area contributed by atoms with Crippen LogP contribution in [0, 0.1) is 5.92 Å². The summed E-state index contributed by atoms with van der Waals surface area (Å²) in [4.78, 5) is 36.6. The summed E-state index contributed by atoms with van der Waals surface area (Å²) in [5.41, 5.74) is 0.527. The quantitative estimate of drug-likeness (QED) is 0.581. The summed E-state index contributed by atoms with van der Waals surface area (Å²) in [6.45, 7) is 5.66. The van der Waals surface area contributed by atoms with Crippen LogP contribution in [0.25, 0.3) is 0 Å². The molecule has 9 nitrogen and oxygen atoms in total. The minimum Gasteiger partial charge on any atom is -0.468 e. The number of carbonyl (C=O) groups excluding carboxylic acids is 3. The fourth-order valence-electron chi connectivity index (χ4n) is 2.81. The molecule has 0 fully saturated rings. The molecule has 2 atom stereocenters. The molecule has 0 spiro atoms. The molecule has 1 aliphatic heterocycles. The highest BCUT2D eigenvalue weighted by atomic mass is 16.5. The molecule has 1 aromatic heterocycles. The molecule has 0 aromatic carbocycles. The molecule has 2 rings (SSSR count). The predicted octanol–water partition coefficient (Wildman–Crippen LogP) is 1.24. The fourth-order valence-corrected chi connectivity index (χ4v) is 2.81. The summed E-state index contributed by atoms with van der Waals surface area (Å²) in [7, 11) is 1.31. The lowest BCUT2D eigenvalue weighted by Crippen LogP contribution is -2.50. The Hall–Kier alpha value is -2.81. The number of hydrogen-bond donors (Lipinski definition) is 3. The first-order chi connectivity index (χ1) is 12.9. The zero-order valence-corrected chi connectivity index (χ0v) is 15.8. The van der Waals surface area contributed by atoms with Gasteiger partial charge in [0.1, 0.15) is 17.8 Å². The number of methoxy groups -OCH3 is 1. The van der Waals surface area contributed by atoms with Gasteiger partial charge in [0, 0.05) is 12.2 Å². The Labute approximate surface area is 157 Å². The van der Waals surface area contributed by atoms with Crippen LogP contribution in [0.15, 0.2) is 34.1 Å². The van der Waals surface area contributed by atoms with Crippen LogP contribution >= 0.6 is 0 Å². The molecule has 3 N–H and O–H groups in total. The molecule has 1 aliphatic rings. The van der Waals surface area contributed by atoms with E-state index in [2.05, 4.69) is 16.0 Å². The van der Waals surface area contributed by atoms with Crippen molar-refractivity contribution in [2.24, 2.45) is 5.92 Å². The van der Waals surface area contributed by atoms with Gasteiger partial charge < -0.3 is 24.5 Å². The van der Waals surface area contributed by atoms with Gasteiger partial charge in [0.15, 0.2) is 0 Å². The van der Waals surface area contributed by atoms with E-state index in [4.69, 9.17) is 13.9 Å². The average Bonchev–Trinajstić information content (AvgIpc) is 3.15. The minimum absolute atomic E-state index is 0.0534. The normalized spacial score (nSPS) is 18.0. The summed E-state index contributed by atoms with van der Waals surface area (Å²) in [5, 5.41) is 8.32. The van der Waals surface area contributed by atoms with Gasteiger partial charge in [-0.1, -0.05) is 13.8 Å². The second-order valence-electron chi connectivity index (χ2n) is 6.29. The SMILES string of the molecule is CCOC(=O)C1=C(CN[C@@H](C(=O)OC)C(C)C)NC(=O)N[C@@H]1c1ccco1. The molecule has 2 amide bonds. The van der Waals surface area contributed by atoms with E-state index in [0.29, 0.717) is 11.5 Å². The molecule has 0 bridgehead atoms. The zero-order valence-electron chi connectivity index (χ0n) is 15.8. The number of carbonyl (C=O) groups is 3. The molecule has 0 saturated carbocycles. The van der Waals surface area contributed by atoms with Crippen LogP contribution in [0.2, 0.25) is 0 Å². The summed E-state index contributed by atoms with van der Waals surface area (Å²) >= 11 is 0. The number of hydrogen-bond acceptors (Lipinski definition) is 7. The predicted molar refractivity (Wildman–Crippen MR) is 95.4 cm³/mol. The van der Waals surface area contributed by atoms with Gasteiger partial charge in [-0.2, -0.15) is 0 Å². The highest BCUT2D eigenvalue weighted by molar-refractivity contribution is 5.95. The number of amides is 2. The Kier molecular flexibility index (Phi) is 7.00. The lowest BCUT2D eigenvalue weighted by molar-refractivity contribution is -0.144. The van der Waals surface area contributed by atoms with E-state index < -0.39 is 30.1 Å². The van der Waals surface area contributed by atoms with Gasteiger partial charge in [0.2, 0.25) is 0 Å². The summed E-state index contributed by atoms with van der Waals surface area (Å²) < 4.78 is 15.3. The molecular weight excluding hydrogens is 354 g/mol. The van der Waals surface area contributed by atoms with E-state index in [1.54, 1.807) is 19.1 Å². The number of nitrogens with one attached hydrogen (secondary N) is 3. The van der Waals surface area contributed by atoms with Gasteiger partial charge in [0.05, 0.1) is 25.6 Å². The van der Waals surface area contributed by atoms with E-state index >= 15 is 0 Å². The van der Waals surface area contributed by atoms with E-state index in [1.807, 2.05) is 13.8 Å². The Bertz CT molecular complexity index is 711. The maximum absolute atomic E-state index is 12.6. The molecule has 0 unspecified atom stereocenters. The van der Waals surface area contributed by atoms with E-state index in [1.165, 1.54) is 13.4 Å². The van der Waals surface area contributed by atoms with E-state index in [0.717, 1.165) is 0 Å². The third kappa shape index (κ3) is 4.88. The highest BCUT2D eigenvalue weighted by Gasteiger charge is 2.35. The van der Waals surface area contributed by atoms with Crippen LogP contribution in [0.4, 0.5) is 4.79 Å². The van der Waals surface area contributed by atoms with Gasteiger partial charge in [-0.05, 0) is 25.0 Å². The minimum atomic E-state index is -0.791. The fraction of sp³-hybridized carbons (Fsp3) is 0.500. The molecule has 0 radical (unpaired) electrons. The van der Waals surface area contributed by atoms with Gasteiger partial charge in [-0.25, -0.2) is 9.59 Å². The van der Waals surface area contributed by atoms with Crippen molar-refractivity contribution in [3.8, 4) is 0 Å². The Morgan fingerprint density at radius 3 is 2.67 bits per heavy atom. The smallest absolute Gasteiger partial charge is 0.338 e. The zero-order chi connectivity index (χ0) is 20.0. The first-order valence-corrected chi connectivity index (χ1v) is 8.71. The second kappa shape index (κ2) is 9.22. The van der Waals surface area contributed by atoms with Gasteiger partial charge in [-0.3, -0.25) is 10.1 Å². The van der Waals surface area contributed by atoms with Gasteiger partial charge in [0.25, 0.3) is 0 Å². The van der Waals surface area contributed by atoms with Gasteiger partial charge >= 0.3 is 18.0 Å². The van der Waals surface area contributed by atoms with E-state index in [-0.39, 0.29) is 24.6 Å². The van der Waals surface area contributed by atoms with Crippen LogP contribution in [-0.2, 0) is 19.1 Å². The maximum atomic E-state index is 12.6. The van der Waals surface area contributed by atoms with Crippen molar-refractivity contribution in [1.29, 1.82) is 0 Å². The number of urea groups is 1. The average molecular weight is 379 g/mol. The molecule has 2 heterocycles. The molecule has 0 aliphatic carbocycles. The van der Waals surface area contributed by atoms with Crippen LogP contribution in [0.5, 0.6) is 0 Å². The summed E-state index contributed by atoms with van der Waals surface area (Å²) in [5.74, 6) is -0.658.